The van der Waals surface area contributed by atoms with Gasteiger partial charge >= 0.3 is 21.7 Å². The summed E-state index contributed by atoms with van der Waals surface area (Å²) in [7, 11) is 0. The summed E-state index contributed by atoms with van der Waals surface area (Å²) in [5, 5.41) is 0. The molecule has 0 fully saturated rings. The zero-order valence-electron chi connectivity index (χ0n) is 11.4. The number of fused-ring (bicyclic) bond motifs is 1. The maximum absolute atomic E-state index is 2.41. The Bertz CT molecular complexity index is 341. The van der Waals surface area contributed by atoms with Crippen molar-refractivity contribution in [2.24, 2.45) is 11.8 Å². The first-order valence-corrected chi connectivity index (χ1v) is 6.21. The van der Waals surface area contributed by atoms with Crippen LogP contribution in [0.15, 0.2) is 6.07 Å². The van der Waals surface area contributed by atoms with E-state index in [0.717, 1.165) is 23.7 Å². The fraction of sp³-hybridized carbons (Fsp3) is 0.667. The van der Waals surface area contributed by atoms with E-state index in [1.54, 1.807) is 11.1 Å². The van der Waals surface area contributed by atoms with Crippen LogP contribution in [0.5, 0.6) is 0 Å². The molecule has 0 N–H and O–H groups in total. The van der Waals surface area contributed by atoms with Crippen LogP contribution in [0.1, 0.15) is 61.8 Å². The predicted molar refractivity (Wildman–Crippen MR) is 66.7 cm³/mol. The topological polar surface area (TPSA) is 0 Å². The molecule has 0 heterocycles. The Morgan fingerprint density at radius 2 is 1.50 bits per heavy atom. The molecular weight excluding hydrogens is 228 g/mol. The molecule has 1 aliphatic rings. The Morgan fingerprint density at radius 1 is 1.00 bits per heavy atom. The van der Waals surface area contributed by atoms with Gasteiger partial charge in [0.05, 0.1) is 0 Å². The van der Waals surface area contributed by atoms with Gasteiger partial charge in [-0.15, -0.1) is 0 Å². The van der Waals surface area contributed by atoms with Crippen molar-refractivity contribution in [3.8, 4) is 0 Å². The summed E-state index contributed by atoms with van der Waals surface area (Å²) < 4.78 is 0. The van der Waals surface area contributed by atoms with Crippen molar-refractivity contribution < 1.29 is 21.7 Å². The molecule has 0 spiro atoms. The van der Waals surface area contributed by atoms with Crippen LogP contribution < -0.4 is 0 Å². The molecule has 4 atom stereocenters. The standard InChI is InChI=1S/C15H23.Ti/c1-8-7-9(2)15-13(6)11(4)10(3)12(5)14(8)15;/h7,10-13H,1-6H3;/q-1;+2. The molecule has 1 aromatic rings. The van der Waals surface area contributed by atoms with Crippen LogP contribution in [-0.2, 0) is 21.7 Å². The van der Waals surface area contributed by atoms with E-state index in [9.17, 15) is 0 Å². The van der Waals surface area contributed by atoms with Gasteiger partial charge in [0.15, 0.2) is 0 Å². The summed E-state index contributed by atoms with van der Waals surface area (Å²) in [4.78, 5) is 0. The predicted octanol–water partition coefficient (Wildman–Crippen LogP) is 4.51. The van der Waals surface area contributed by atoms with Crippen molar-refractivity contribution in [1.29, 1.82) is 0 Å². The zero-order chi connectivity index (χ0) is 11.3. The molecular formula is C15H23Ti+. The molecule has 1 aliphatic carbocycles. The van der Waals surface area contributed by atoms with Gasteiger partial charge in [0.1, 0.15) is 0 Å². The monoisotopic (exact) mass is 251 g/mol. The van der Waals surface area contributed by atoms with Crippen molar-refractivity contribution in [3.05, 3.63) is 28.3 Å². The second-order valence-corrected chi connectivity index (χ2v) is 5.63. The van der Waals surface area contributed by atoms with E-state index in [2.05, 4.69) is 47.6 Å². The molecule has 0 aromatic heterocycles. The van der Waals surface area contributed by atoms with Crippen LogP contribution in [0.2, 0.25) is 0 Å². The largest absolute Gasteiger partial charge is 2.00 e. The van der Waals surface area contributed by atoms with E-state index in [-0.39, 0.29) is 21.7 Å². The smallest absolute Gasteiger partial charge is 0.198 e. The Morgan fingerprint density at radius 3 is 2.06 bits per heavy atom. The first kappa shape index (κ1) is 14.1. The van der Waals surface area contributed by atoms with Crippen LogP contribution in [-0.4, -0.2) is 0 Å². The van der Waals surface area contributed by atoms with Gasteiger partial charge in [-0.25, -0.2) is 0 Å². The van der Waals surface area contributed by atoms with E-state index < -0.39 is 0 Å². The molecule has 1 heteroatoms. The van der Waals surface area contributed by atoms with Crippen molar-refractivity contribution in [2.45, 2.75) is 53.4 Å². The minimum Gasteiger partial charge on any atom is -0.198 e. The van der Waals surface area contributed by atoms with E-state index in [4.69, 9.17) is 0 Å². The average Bonchev–Trinajstić information content (AvgIpc) is 2.47. The van der Waals surface area contributed by atoms with Gasteiger partial charge in [-0.1, -0.05) is 47.5 Å². The van der Waals surface area contributed by atoms with Gasteiger partial charge in [-0.05, 0) is 17.8 Å². The van der Waals surface area contributed by atoms with Crippen LogP contribution in [0, 0.1) is 25.7 Å². The Labute approximate surface area is 115 Å². The van der Waals surface area contributed by atoms with Gasteiger partial charge in [0.25, 0.3) is 0 Å². The number of aryl methyl sites for hydroxylation is 2. The SMILES string of the molecule is Cc1c[c-](C)c2c1C(C)C(C)C(C)C2C.[Ti+2]. The van der Waals surface area contributed by atoms with Crippen LogP contribution in [0.3, 0.4) is 0 Å². The molecule has 0 bridgehead atoms. The molecule has 0 saturated heterocycles. The molecule has 0 saturated carbocycles. The maximum atomic E-state index is 2.41. The van der Waals surface area contributed by atoms with Gasteiger partial charge in [0, 0.05) is 0 Å². The van der Waals surface area contributed by atoms with Gasteiger partial charge < -0.3 is 0 Å². The minimum atomic E-state index is 0. The number of rotatable bonds is 0. The Balaban J connectivity index is 0.00000128. The van der Waals surface area contributed by atoms with Crippen LogP contribution in [0.4, 0.5) is 0 Å². The Hall–Kier alpha value is 0.0643. The van der Waals surface area contributed by atoms with E-state index in [1.807, 2.05) is 0 Å². The summed E-state index contributed by atoms with van der Waals surface area (Å²) in [6.45, 7) is 14.2. The van der Waals surface area contributed by atoms with Gasteiger partial charge in [-0.3, -0.25) is 0 Å². The summed E-state index contributed by atoms with van der Waals surface area (Å²) >= 11 is 0. The second-order valence-electron chi connectivity index (χ2n) is 5.63. The third-order valence-corrected chi connectivity index (χ3v) is 4.89. The molecule has 4 unspecified atom stereocenters. The first-order valence-electron chi connectivity index (χ1n) is 6.21. The quantitative estimate of drug-likeness (QED) is 0.470. The minimum absolute atomic E-state index is 0. The molecule has 16 heavy (non-hydrogen) atoms. The molecule has 0 aliphatic heterocycles. The first-order chi connectivity index (χ1) is 6.95. The summed E-state index contributed by atoms with van der Waals surface area (Å²) in [6.07, 6.45) is 0. The molecule has 86 valence electrons. The summed E-state index contributed by atoms with van der Waals surface area (Å²) in [5.41, 5.74) is 6.34. The summed E-state index contributed by atoms with van der Waals surface area (Å²) in [5.74, 6) is 3.10. The normalized spacial score (nSPS) is 33.1. The van der Waals surface area contributed by atoms with Crippen molar-refractivity contribution in [3.63, 3.8) is 0 Å². The zero-order valence-corrected chi connectivity index (χ0v) is 12.9. The molecule has 2 rings (SSSR count). The second kappa shape index (κ2) is 4.74. The van der Waals surface area contributed by atoms with E-state index in [0.29, 0.717) is 0 Å². The Kier molecular flexibility index (Phi) is 4.19. The van der Waals surface area contributed by atoms with Crippen molar-refractivity contribution in [2.75, 3.05) is 0 Å². The van der Waals surface area contributed by atoms with E-state index >= 15 is 0 Å². The summed E-state index contributed by atoms with van der Waals surface area (Å²) in [6, 6.07) is 2.38. The maximum Gasteiger partial charge on any atom is 2.00 e. The third kappa shape index (κ3) is 1.85. The van der Waals surface area contributed by atoms with E-state index in [1.165, 1.54) is 11.1 Å². The van der Waals surface area contributed by atoms with Gasteiger partial charge in [0.2, 0.25) is 0 Å². The fourth-order valence-electron chi connectivity index (χ4n) is 3.55. The number of hydrogen-bond donors (Lipinski definition) is 0. The molecule has 0 nitrogen and oxygen atoms in total. The van der Waals surface area contributed by atoms with Crippen LogP contribution >= 0.6 is 0 Å². The molecule has 1 aromatic carbocycles. The third-order valence-electron chi connectivity index (χ3n) is 4.89. The number of hydrogen-bond acceptors (Lipinski definition) is 0. The molecule has 0 amide bonds. The van der Waals surface area contributed by atoms with Crippen LogP contribution in [0.25, 0.3) is 0 Å². The van der Waals surface area contributed by atoms with Crippen molar-refractivity contribution >= 4 is 0 Å². The molecule has 0 radical (unpaired) electrons. The van der Waals surface area contributed by atoms with Crippen molar-refractivity contribution in [1.82, 2.24) is 0 Å². The van der Waals surface area contributed by atoms with Gasteiger partial charge in [-0.2, -0.15) is 28.3 Å². The average molecular weight is 251 g/mol. The fourth-order valence-corrected chi connectivity index (χ4v) is 3.55.